The van der Waals surface area contributed by atoms with Crippen molar-refractivity contribution < 1.29 is 10.2 Å². The molecule has 0 heterocycles. The lowest BCUT2D eigenvalue weighted by Gasteiger charge is -2.10. The van der Waals surface area contributed by atoms with Crippen molar-refractivity contribution in [3.63, 3.8) is 0 Å². The summed E-state index contributed by atoms with van der Waals surface area (Å²) in [5.74, 6) is 0. The quantitative estimate of drug-likeness (QED) is 0.682. The van der Waals surface area contributed by atoms with Crippen molar-refractivity contribution in [1.29, 1.82) is 0 Å². The van der Waals surface area contributed by atoms with Gasteiger partial charge >= 0.3 is 0 Å². The van der Waals surface area contributed by atoms with Gasteiger partial charge in [-0.2, -0.15) is 0 Å². The van der Waals surface area contributed by atoms with Crippen LogP contribution in [-0.4, -0.2) is 22.9 Å². The number of aliphatic hydroxyl groups is 2. The third-order valence-corrected chi connectivity index (χ3v) is 3.46. The molecule has 0 aromatic carbocycles. The molecule has 14 heavy (non-hydrogen) atoms. The Labute approximate surface area is 86.6 Å². The molecule has 2 nitrogen and oxygen atoms in total. The molecular formula is C12H22O2. The zero-order valence-corrected chi connectivity index (χ0v) is 9.29. The second-order valence-electron chi connectivity index (χ2n) is 5.30. The highest BCUT2D eigenvalue weighted by Gasteiger charge is 2.42. The number of aliphatic hydroxyl groups excluding tert-OH is 2. The molecule has 1 atom stereocenters. The first-order chi connectivity index (χ1) is 6.46. The summed E-state index contributed by atoms with van der Waals surface area (Å²) in [6.07, 6.45) is 6.10. The topological polar surface area (TPSA) is 40.5 Å². The van der Waals surface area contributed by atoms with E-state index in [1.807, 2.05) is 0 Å². The average molecular weight is 198 g/mol. The minimum atomic E-state index is -0.275. The van der Waals surface area contributed by atoms with Crippen LogP contribution in [-0.2, 0) is 0 Å². The van der Waals surface area contributed by atoms with E-state index in [1.54, 1.807) is 6.08 Å². The molecule has 2 rings (SSSR count). The molecule has 0 radical (unpaired) electrons. The van der Waals surface area contributed by atoms with Crippen LogP contribution in [0.2, 0.25) is 0 Å². The smallest absolute Gasteiger partial charge is 0.0771 e. The van der Waals surface area contributed by atoms with Crippen LogP contribution in [0.25, 0.3) is 0 Å². The summed E-state index contributed by atoms with van der Waals surface area (Å²) in [6.45, 7) is 8.09. The van der Waals surface area contributed by atoms with Gasteiger partial charge in [-0.05, 0) is 36.5 Å². The molecule has 0 amide bonds. The SMILES string of the molecule is C=CC(O)C1(C)CC1.CC1(CO)CC1. The van der Waals surface area contributed by atoms with Crippen LogP contribution in [0.15, 0.2) is 12.7 Å². The Bertz CT molecular complexity index is 202. The Hall–Kier alpha value is -0.340. The Morgan fingerprint density at radius 2 is 1.79 bits per heavy atom. The summed E-state index contributed by atoms with van der Waals surface area (Å²) in [5, 5.41) is 17.6. The summed E-state index contributed by atoms with van der Waals surface area (Å²) >= 11 is 0. The van der Waals surface area contributed by atoms with E-state index in [2.05, 4.69) is 20.4 Å². The van der Waals surface area contributed by atoms with Crippen molar-refractivity contribution in [3.05, 3.63) is 12.7 Å². The largest absolute Gasteiger partial charge is 0.396 e. The van der Waals surface area contributed by atoms with Crippen molar-refractivity contribution in [2.24, 2.45) is 10.8 Å². The first-order valence-corrected chi connectivity index (χ1v) is 5.37. The molecule has 0 bridgehead atoms. The normalized spacial score (nSPS) is 26.9. The van der Waals surface area contributed by atoms with Gasteiger partial charge in [0.25, 0.3) is 0 Å². The van der Waals surface area contributed by atoms with E-state index in [4.69, 9.17) is 10.2 Å². The van der Waals surface area contributed by atoms with E-state index in [0.29, 0.717) is 12.0 Å². The maximum Gasteiger partial charge on any atom is 0.0771 e. The first-order valence-electron chi connectivity index (χ1n) is 5.37. The second kappa shape index (κ2) is 4.03. The average Bonchev–Trinajstić information content (AvgIpc) is 3.07. The fourth-order valence-corrected chi connectivity index (χ4v) is 1.15. The molecule has 0 aromatic rings. The van der Waals surface area contributed by atoms with E-state index < -0.39 is 0 Å². The van der Waals surface area contributed by atoms with Crippen LogP contribution in [0.4, 0.5) is 0 Å². The molecule has 2 aliphatic carbocycles. The van der Waals surface area contributed by atoms with Crippen LogP contribution in [0, 0.1) is 10.8 Å². The van der Waals surface area contributed by atoms with E-state index in [0.717, 1.165) is 12.8 Å². The van der Waals surface area contributed by atoms with E-state index in [-0.39, 0.29) is 11.5 Å². The molecule has 2 aliphatic rings. The fraction of sp³-hybridized carbons (Fsp3) is 0.833. The minimum absolute atomic E-state index is 0.196. The highest BCUT2D eigenvalue weighted by molar-refractivity contribution is 5.01. The maximum absolute atomic E-state index is 9.14. The molecule has 0 aliphatic heterocycles. The molecule has 2 saturated carbocycles. The lowest BCUT2D eigenvalue weighted by atomic mass is 10.0. The standard InChI is InChI=1S/C7H12O.C5H10O/c1-3-6(8)7(2)4-5-7;1-5(4-6)2-3-5/h3,6,8H,1,4-5H2,2H3;6H,2-4H2,1H3. The van der Waals surface area contributed by atoms with Gasteiger partial charge in [0.15, 0.2) is 0 Å². The summed E-state index contributed by atoms with van der Waals surface area (Å²) in [4.78, 5) is 0. The molecule has 1 unspecified atom stereocenters. The van der Waals surface area contributed by atoms with Crippen molar-refractivity contribution in [3.8, 4) is 0 Å². The van der Waals surface area contributed by atoms with Gasteiger partial charge in [0.05, 0.1) is 6.10 Å². The van der Waals surface area contributed by atoms with Gasteiger partial charge in [-0.3, -0.25) is 0 Å². The predicted octanol–water partition coefficient (Wildman–Crippen LogP) is 2.11. The minimum Gasteiger partial charge on any atom is -0.396 e. The summed E-state index contributed by atoms with van der Waals surface area (Å²) in [6, 6.07) is 0. The van der Waals surface area contributed by atoms with Crippen LogP contribution < -0.4 is 0 Å². The molecule has 2 heteroatoms. The number of hydrogen-bond donors (Lipinski definition) is 2. The number of rotatable bonds is 3. The Kier molecular flexibility index (Phi) is 3.38. The van der Waals surface area contributed by atoms with E-state index in [9.17, 15) is 0 Å². The highest BCUT2D eigenvalue weighted by atomic mass is 16.3. The molecule has 2 fully saturated rings. The molecular weight excluding hydrogens is 176 g/mol. The van der Waals surface area contributed by atoms with Gasteiger partial charge in [-0.15, -0.1) is 6.58 Å². The third kappa shape index (κ3) is 3.10. The summed E-state index contributed by atoms with van der Waals surface area (Å²) < 4.78 is 0. The molecule has 82 valence electrons. The predicted molar refractivity (Wildman–Crippen MR) is 58.0 cm³/mol. The Morgan fingerprint density at radius 1 is 1.29 bits per heavy atom. The van der Waals surface area contributed by atoms with Gasteiger partial charge in [0.2, 0.25) is 0 Å². The van der Waals surface area contributed by atoms with E-state index >= 15 is 0 Å². The monoisotopic (exact) mass is 198 g/mol. The van der Waals surface area contributed by atoms with Gasteiger partial charge in [-0.1, -0.05) is 19.9 Å². The lowest BCUT2D eigenvalue weighted by Crippen LogP contribution is -2.14. The van der Waals surface area contributed by atoms with Crippen LogP contribution in [0.1, 0.15) is 39.5 Å². The maximum atomic E-state index is 9.14. The number of hydrogen-bond acceptors (Lipinski definition) is 2. The van der Waals surface area contributed by atoms with Crippen molar-refractivity contribution in [1.82, 2.24) is 0 Å². The van der Waals surface area contributed by atoms with Gasteiger partial charge in [-0.25, -0.2) is 0 Å². The Morgan fingerprint density at radius 3 is 1.86 bits per heavy atom. The molecule has 2 N–H and O–H groups in total. The van der Waals surface area contributed by atoms with Gasteiger partial charge in [0, 0.05) is 6.61 Å². The Balaban J connectivity index is 0.000000146. The summed E-state index contributed by atoms with van der Waals surface area (Å²) in [5.41, 5.74) is 0.543. The van der Waals surface area contributed by atoms with Gasteiger partial charge < -0.3 is 10.2 Å². The lowest BCUT2D eigenvalue weighted by molar-refractivity contribution is 0.149. The van der Waals surface area contributed by atoms with Crippen molar-refractivity contribution in [2.45, 2.75) is 45.6 Å². The van der Waals surface area contributed by atoms with Crippen LogP contribution >= 0.6 is 0 Å². The van der Waals surface area contributed by atoms with Gasteiger partial charge in [0.1, 0.15) is 0 Å². The zero-order valence-electron chi connectivity index (χ0n) is 9.29. The fourth-order valence-electron chi connectivity index (χ4n) is 1.15. The zero-order chi connectivity index (χ0) is 10.8. The first kappa shape index (κ1) is 11.7. The molecule has 0 aromatic heterocycles. The van der Waals surface area contributed by atoms with Crippen molar-refractivity contribution >= 4 is 0 Å². The molecule has 0 saturated heterocycles. The van der Waals surface area contributed by atoms with Crippen molar-refractivity contribution in [2.75, 3.05) is 6.61 Å². The van der Waals surface area contributed by atoms with Crippen LogP contribution in [0.5, 0.6) is 0 Å². The van der Waals surface area contributed by atoms with E-state index in [1.165, 1.54) is 12.8 Å². The van der Waals surface area contributed by atoms with Crippen LogP contribution in [0.3, 0.4) is 0 Å². The summed E-state index contributed by atoms with van der Waals surface area (Å²) in [7, 11) is 0. The molecule has 0 spiro atoms. The second-order valence-corrected chi connectivity index (χ2v) is 5.30. The third-order valence-electron chi connectivity index (χ3n) is 3.46. The highest BCUT2D eigenvalue weighted by Crippen LogP contribution is 2.48.